The van der Waals surface area contributed by atoms with Crippen molar-refractivity contribution in [1.82, 2.24) is 15.6 Å². The molecule has 0 aliphatic heterocycles. The van der Waals surface area contributed by atoms with Gasteiger partial charge in [-0.1, -0.05) is 18.2 Å². The van der Waals surface area contributed by atoms with Gasteiger partial charge in [0.25, 0.3) is 5.91 Å². The molecule has 33 heavy (non-hydrogen) atoms. The van der Waals surface area contributed by atoms with Gasteiger partial charge in [-0.2, -0.15) is 0 Å². The van der Waals surface area contributed by atoms with Gasteiger partial charge in [0.2, 0.25) is 0 Å². The van der Waals surface area contributed by atoms with Crippen molar-refractivity contribution in [2.24, 2.45) is 0 Å². The monoisotopic (exact) mass is 447 g/mol. The highest BCUT2D eigenvalue weighted by molar-refractivity contribution is 6.07. The van der Waals surface area contributed by atoms with E-state index in [0.717, 1.165) is 29.7 Å². The molecule has 1 aliphatic carbocycles. The maximum absolute atomic E-state index is 13.3. The first kappa shape index (κ1) is 22.3. The number of furan rings is 1. The highest BCUT2D eigenvalue weighted by Crippen LogP contribution is 2.36. The van der Waals surface area contributed by atoms with Crippen molar-refractivity contribution in [3.8, 4) is 0 Å². The van der Waals surface area contributed by atoms with Gasteiger partial charge in [0.1, 0.15) is 5.76 Å². The number of carbonyl (C=O) groups is 3. The van der Waals surface area contributed by atoms with Crippen LogP contribution in [0.15, 0.2) is 47.1 Å². The molecule has 170 valence electrons. The Labute approximate surface area is 191 Å². The number of hydrogen-bond donors (Lipinski definition) is 2. The van der Waals surface area contributed by atoms with Gasteiger partial charge in [0, 0.05) is 11.9 Å². The van der Waals surface area contributed by atoms with Gasteiger partial charge in [-0.25, -0.2) is 14.6 Å². The summed E-state index contributed by atoms with van der Waals surface area (Å²) in [5, 5.41) is 5.31. The lowest BCUT2D eigenvalue weighted by Gasteiger charge is -2.23. The standard InChI is InChI=1S/C25H25N3O5/c1-3-26-25(31)28-23(29)15(2)33-24(30)21-18-10-4-5-12-20(18)27-22-16(8-6-11-19(21)22)14-17-9-7-13-32-17/h4-5,7,9-10,12-15H,3,6,8,11H2,1-2H3,(H2,26,28,29,31). The Bertz CT molecular complexity index is 1230. The molecule has 0 saturated heterocycles. The second kappa shape index (κ2) is 9.68. The third-order valence-electron chi connectivity index (χ3n) is 5.46. The van der Waals surface area contributed by atoms with Crippen molar-refractivity contribution in [1.29, 1.82) is 0 Å². The first-order valence-corrected chi connectivity index (χ1v) is 10.9. The Balaban J connectivity index is 1.71. The van der Waals surface area contributed by atoms with E-state index in [1.807, 2.05) is 42.5 Å². The molecule has 3 amide bonds. The minimum absolute atomic E-state index is 0.371. The number of ether oxygens (including phenoxy) is 1. The summed E-state index contributed by atoms with van der Waals surface area (Å²) in [5.74, 6) is -0.602. The van der Waals surface area contributed by atoms with E-state index in [1.165, 1.54) is 6.92 Å². The van der Waals surface area contributed by atoms with Crippen LogP contribution in [-0.2, 0) is 16.0 Å². The Morgan fingerprint density at radius 1 is 1.18 bits per heavy atom. The molecule has 3 aromatic rings. The number of esters is 1. The molecule has 8 nitrogen and oxygen atoms in total. The zero-order chi connectivity index (χ0) is 23.4. The zero-order valence-corrected chi connectivity index (χ0v) is 18.5. The number of rotatable bonds is 5. The predicted octanol–water partition coefficient (Wildman–Crippen LogP) is 4.10. The summed E-state index contributed by atoms with van der Waals surface area (Å²) < 4.78 is 11.0. The van der Waals surface area contributed by atoms with Crippen LogP contribution in [0.4, 0.5) is 4.79 Å². The van der Waals surface area contributed by atoms with Gasteiger partial charge in [-0.3, -0.25) is 10.1 Å². The number of pyridine rings is 1. The van der Waals surface area contributed by atoms with E-state index in [2.05, 4.69) is 10.6 Å². The Hall–Kier alpha value is -3.94. The van der Waals surface area contributed by atoms with Crippen LogP contribution in [0.25, 0.3) is 22.6 Å². The fourth-order valence-electron chi connectivity index (χ4n) is 3.94. The van der Waals surface area contributed by atoms with Gasteiger partial charge in [0.15, 0.2) is 6.10 Å². The zero-order valence-electron chi connectivity index (χ0n) is 18.5. The lowest BCUT2D eigenvalue weighted by molar-refractivity contribution is -0.127. The molecular weight excluding hydrogens is 422 g/mol. The van der Waals surface area contributed by atoms with E-state index in [4.69, 9.17) is 14.1 Å². The second-order valence-electron chi connectivity index (χ2n) is 7.77. The summed E-state index contributed by atoms with van der Waals surface area (Å²) in [7, 11) is 0. The smallest absolute Gasteiger partial charge is 0.339 e. The summed E-state index contributed by atoms with van der Waals surface area (Å²) >= 11 is 0. The number of amides is 3. The van der Waals surface area contributed by atoms with Crippen molar-refractivity contribution >= 4 is 40.5 Å². The van der Waals surface area contributed by atoms with Crippen LogP contribution >= 0.6 is 0 Å². The van der Waals surface area contributed by atoms with Gasteiger partial charge in [-0.05, 0) is 68.5 Å². The molecular formula is C25H25N3O5. The third-order valence-corrected chi connectivity index (χ3v) is 5.46. The van der Waals surface area contributed by atoms with Crippen LogP contribution in [0.3, 0.4) is 0 Å². The molecule has 2 N–H and O–H groups in total. The molecule has 1 unspecified atom stereocenters. The highest BCUT2D eigenvalue weighted by atomic mass is 16.5. The quantitative estimate of drug-likeness (QED) is 0.570. The number of carbonyl (C=O) groups excluding carboxylic acids is 3. The summed E-state index contributed by atoms with van der Waals surface area (Å²) in [5.41, 5.74) is 3.57. The summed E-state index contributed by atoms with van der Waals surface area (Å²) in [6, 6.07) is 10.4. The van der Waals surface area contributed by atoms with Crippen LogP contribution < -0.4 is 10.6 Å². The molecule has 0 spiro atoms. The minimum atomic E-state index is -1.15. The van der Waals surface area contributed by atoms with Gasteiger partial charge < -0.3 is 14.5 Å². The number of fused-ring (bicyclic) bond motifs is 2. The molecule has 2 aromatic heterocycles. The van der Waals surface area contributed by atoms with Crippen LogP contribution in [0, 0.1) is 0 Å². The number of imide groups is 1. The lowest BCUT2D eigenvalue weighted by Crippen LogP contribution is -2.44. The molecule has 4 rings (SSSR count). The maximum Gasteiger partial charge on any atom is 0.339 e. The van der Waals surface area contributed by atoms with Crippen LogP contribution in [0.1, 0.15) is 54.1 Å². The van der Waals surface area contributed by atoms with Crippen molar-refractivity contribution in [2.75, 3.05) is 6.54 Å². The number of urea groups is 1. The van der Waals surface area contributed by atoms with E-state index < -0.39 is 24.0 Å². The summed E-state index contributed by atoms with van der Waals surface area (Å²) in [6.07, 6.45) is 4.71. The minimum Gasteiger partial charge on any atom is -0.465 e. The first-order valence-electron chi connectivity index (χ1n) is 10.9. The van der Waals surface area contributed by atoms with Gasteiger partial charge in [-0.15, -0.1) is 0 Å². The Morgan fingerprint density at radius 3 is 2.76 bits per heavy atom. The van der Waals surface area contributed by atoms with E-state index >= 15 is 0 Å². The van der Waals surface area contributed by atoms with E-state index in [-0.39, 0.29) is 0 Å². The van der Waals surface area contributed by atoms with Crippen LogP contribution in [0.5, 0.6) is 0 Å². The lowest BCUT2D eigenvalue weighted by atomic mass is 9.86. The van der Waals surface area contributed by atoms with Crippen molar-refractivity contribution in [3.05, 3.63) is 65.2 Å². The largest absolute Gasteiger partial charge is 0.465 e. The van der Waals surface area contributed by atoms with Crippen molar-refractivity contribution < 1.29 is 23.5 Å². The topological polar surface area (TPSA) is 111 Å². The van der Waals surface area contributed by atoms with E-state index in [1.54, 1.807) is 13.2 Å². The predicted molar refractivity (Wildman–Crippen MR) is 123 cm³/mol. The fraction of sp³-hybridized carbons (Fsp3) is 0.280. The maximum atomic E-state index is 13.3. The number of hydrogen-bond acceptors (Lipinski definition) is 6. The molecule has 8 heteroatoms. The number of allylic oxidation sites excluding steroid dienone is 1. The molecule has 0 fully saturated rings. The van der Waals surface area contributed by atoms with Gasteiger partial charge in [0.05, 0.1) is 23.0 Å². The Kier molecular flexibility index (Phi) is 6.53. The van der Waals surface area contributed by atoms with Gasteiger partial charge >= 0.3 is 12.0 Å². The van der Waals surface area contributed by atoms with Crippen LogP contribution in [0.2, 0.25) is 0 Å². The van der Waals surface area contributed by atoms with Crippen molar-refractivity contribution in [3.63, 3.8) is 0 Å². The molecule has 1 aliphatic rings. The molecule has 1 atom stereocenters. The molecule has 0 bridgehead atoms. The molecule has 0 radical (unpaired) electrons. The molecule has 1 aromatic carbocycles. The first-order chi connectivity index (χ1) is 16.0. The second-order valence-corrected chi connectivity index (χ2v) is 7.77. The fourth-order valence-corrected chi connectivity index (χ4v) is 3.94. The SMILES string of the molecule is CCNC(=O)NC(=O)C(C)OC(=O)c1c2c(nc3ccccc13)C(=Cc1ccco1)CCC2. The number of aromatic nitrogens is 1. The average molecular weight is 447 g/mol. The molecule has 0 saturated carbocycles. The number of nitrogens with zero attached hydrogens (tertiary/aromatic N) is 1. The number of benzene rings is 1. The number of nitrogens with one attached hydrogen (secondary N) is 2. The highest BCUT2D eigenvalue weighted by Gasteiger charge is 2.28. The van der Waals surface area contributed by atoms with Crippen LogP contribution in [-0.4, -0.2) is 35.5 Å². The number of para-hydroxylation sites is 1. The third kappa shape index (κ3) is 4.79. The summed E-state index contributed by atoms with van der Waals surface area (Å²) in [6.45, 7) is 3.54. The Morgan fingerprint density at radius 2 is 2.00 bits per heavy atom. The van der Waals surface area contributed by atoms with E-state index in [9.17, 15) is 14.4 Å². The molecule has 2 heterocycles. The summed E-state index contributed by atoms with van der Waals surface area (Å²) in [4.78, 5) is 42.1. The van der Waals surface area contributed by atoms with Crippen molar-refractivity contribution in [2.45, 2.75) is 39.2 Å². The normalized spacial score (nSPS) is 15.0. The average Bonchev–Trinajstić information content (AvgIpc) is 3.31. The van der Waals surface area contributed by atoms with E-state index in [0.29, 0.717) is 35.2 Å².